The van der Waals surface area contributed by atoms with Crippen LogP contribution < -0.4 is 0 Å². The zero-order valence-electron chi connectivity index (χ0n) is 6.48. The van der Waals surface area contributed by atoms with E-state index in [1.54, 1.807) is 18.2 Å². The third-order valence-electron chi connectivity index (χ3n) is 0.787. The first-order chi connectivity index (χ1) is 5.79. The first-order valence-electron chi connectivity index (χ1n) is 2.95. The van der Waals surface area contributed by atoms with Crippen molar-refractivity contribution in [3.8, 4) is 0 Å². The van der Waals surface area contributed by atoms with Crippen LogP contribution in [0.5, 0.6) is 0 Å². The molecule has 1 rings (SSSR count). The quantitative estimate of drug-likeness (QED) is 0.466. The predicted octanol–water partition coefficient (Wildman–Crippen LogP) is 4.39. The van der Waals surface area contributed by atoms with Gasteiger partial charge >= 0.3 is 0 Å². The van der Waals surface area contributed by atoms with Gasteiger partial charge in [0, 0.05) is 10.0 Å². The van der Waals surface area contributed by atoms with Gasteiger partial charge in [0.15, 0.2) is 0 Å². The van der Waals surface area contributed by atoms with E-state index < -0.39 is 0 Å². The average molecular weight is 205 g/mol. The zero-order chi connectivity index (χ0) is 9.98. The minimum Gasteiger partial charge on any atom is -0.213 e. The van der Waals surface area contributed by atoms with E-state index in [1.807, 2.05) is 6.07 Å². The molecule has 0 radical (unpaired) electrons. The van der Waals surface area contributed by atoms with Gasteiger partial charge in [0.2, 0.25) is 0 Å². The molecule has 0 heterocycles. The van der Waals surface area contributed by atoms with Gasteiger partial charge in [-0.3, -0.25) is 0 Å². The summed E-state index contributed by atoms with van der Waals surface area (Å²) in [5.74, 6) is 0. The molecule has 1 aromatic carbocycles. The minimum absolute atomic E-state index is 0.678. The van der Waals surface area contributed by atoms with E-state index in [0.717, 1.165) is 0 Å². The molecule has 0 aliphatic heterocycles. The molecule has 0 aromatic heterocycles. The van der Waals surface area contributed by atoms with Crippen molar-refractivity contribution in [1.29, 1.82) is 11.1 Å². The maximum absolute atomic E-state index is 5.56. The summed E-state index contributed by atoms with van der Waals surface area (Å²) in [4.78, 5) is 0. The van der Waals surface area contributed by atoms with E-state index in [4.69, 9.17) is 34.3 Å². The number of hydrogen-bond donors (Lipinski definition) is 2. The van der Waals surface area contributed by atoms with Gasteiger partial charge in [-0.15, -0.1) is 13.2 Å². The van der Waals surface area contributed by atoms with Crippen LogP contribution >= 0.6 is 23.2 Å². The summed E-state index contributed by atoms with van der Waals surface area (Å²) in [7, 11) is 0. The van der Waals surface area contributed by atoms with Gasteiger partial charge in [-0.05, 0) is 18.2 Å². The Kier molecular flexibility index (Phi) is 11.6. The Morgan fingerprint density at radius 3 is 1.50 bits per heavy atom. The van der Waals surface area contributed by atoms with E-state index in [9.17, 15) is 0 Å². The van der Waals surface area contributed by atoms with Crippen LogP contribution in [-0.4, -0.2) is 0 Å². The van der Waals surface area contributed by atoms with Gasteiger partial charge in [0.1, 0.15) is 0 Å². The van der Waals surface area contributed by atoms with Gasteiger partial charge in [0.25, 0.3) is 0 Å². The molecule has 0 amide bonds. The first-order valence-corrected chi connectivity index (χ1v) is 3.71. The van der Waals surface area contributed by atoms with Crippen LogP contribution in [0, 0.1) is 11.1 Å². The van der Waals surface area contributed by atoms with E-state index in [0.29, 0.717) is 10.0 Å². The molecule has 0 saturated heterocycles. The van der Waals surface area contributed by atoms with Gasteiger partial charge in [0.05, 0.1) is 0 Å². The second kappa shape index (κ2) is 10.1. The van der Waals surface area contributed by atoms with E-state index >= 15 is 0 Å². The maximum atomic E-state index is 5.56. The molecule has 0 bridgehead atoms. The number of hydrogen-bond acceptors (Lipinski definition) is 2. The van der Waals surface area contributed by atoms with Crippen LogP contribution in [0.25, 0.3) is 0 Å². The van der Waals surface area contributed by atoms with Crippen molar-refractivity contribution in [2.75, 3.05) is 0 Å². The Morgan fingerprint density at radius 1 is 1.00 bits per heavy atom. The summed E-state index contributed by atoms with van der Waals surface area (Å²) in [6, 6.07) is 7.08. The lowest BCUT2D eigenvalue weighted by Gasteiger charge is -1.86. The van der Waals surface area contributed by atoms with Crippen molar-refractivity contribution in [3.63, 3.8) is 0 Å². The Bertz CT molecular complexity index is 197. The molecule has 2 nitrogen and oxygen atoms in total. The zero-order valence-corrected chi connectivity index (χ0v) is 7.99. The molecule has 66 valence electrons. The highest BCUT2D eigenvalue weighted by Crippen LogP contribution is 2.13. The third kappa shape index (κ3) is 7.25. The summed E-state index contributed by atoms with van der Waals surface area (Å²) in [6.07, 6.45) is 0. The molecule has 1 aromatic rings. The molecule has 0 unspecified atom stereocenters. The minimum atomic E-state index is 0.678. The van der Waals surface area contributed by atoms with Gasteiger partial charge in [-0.25, -0.2) is 11.1 Å². The van der Waals surface area contributed by atoms with Crippen LogP contribution in [0.2, 0.25) is 10.0 Å². The van der Waals surface area contributed by atoms with Crippen LogP contribution in [0.15, 0.2) is 37.4 Å². The fourth-order valence-electron chi connectivity index (χ4n) is 0.460. The molecule has 4 heteroatoms. The monoisotopic (exact) mass is 204 g/mol. The Labute approximate surface area is 82.1 Å². The van der Waals surface area contributed by atoms with Crippen molar-refractivity contribution in [2.45, 2.75) is 0 Å². The molecule has 0 spiro atoms. The standard InChI is InChI=1S/C6H4Cl2.C2H4.H2N2/c7-5-2-1-3-6(8)4-5;2*1-2/h1-4H;1-2H2;1-2H. The molecule has 0 saturated carbocycles. The van der Waals surface area contributed by atoms with Crippen LogP contribution in [0.1, 0.15) is 0 Å². The molecular weight excluding hydrogens is 195 g/mol. The van der Waals surface area contributed by atoms with Crippen LogP contribution in [-0.2, 0) is 0 Å². The summed E-state index contributed by atoms with van der Waals surface area (Å²) >= 11 is 11.1. The van der Waals surface area contributed by atoms with Crippen molar-refractivity contribution >= 4 is 23.2 Å². The van der Waals surface area contributed by atoms with Gasteiger partial charge in [-0.1, -0.05) is 29.3 Å². The number of rotatable bonds is 0. The molecule has 0 aliphatic carbocycles. The Hall–Kier alpha value is -0.860. The molecule has 0 fully saturated rings. The summed E-state index contributed by atoms with van der Waals surface area (Å²) < 4.78 is 0. The number of halogens is 2. The lowest BCUT2D eigenvalue weighted by molar-refractivity contribution is 1.05. The summed E-state index contributed by atoms with van der Waals surface area (Å²) in [5, 5.41) is 1.36. The highest BCUT2D eigenvalue weighted by atomic mass is 35.5. The predicted molar refractivity (Wildman–Crippen MR) is 53.2 cm³/mol. The van der Waals surface area contributed by atoms with Crippen molar-refractivity contribution in [1.82, 2.24) is 0 Å². The third-order valence-corrected chi connectivity index (χ3v) is 1.26. The Morgan fingerprint density at radius 2 is 1.33 bits per heavy atom. The molecule has 0 aliphatic rings. The lowest BCUT2D eigenvalue weighted by Crippen LogP contribution is -1.61. The topological polar surface area (TPSA) is 47.7 Å². The fraction of sp³-hybridized carbons (Fsp3) is 0. The average Bonchev–Trinajstić information content (AvgIpc) is 2.11. The van der Waals surface area contributed by atoms with Crippen molar-refractivity contribution < 1.29 is 0 Å². The van der Waals surface area contributed by atoms with E-state index in [1.165, 1.54) is 0 Å². The second-order valence-electron chi connectivity index (χ2n) is 1.44. The van der Waals surface area contributed by atoms with Crippen molar-refractivity contribution in [3.05, 3.63) is 47.5 Å². The normalized spacial score (nSPS) is 6.83. The highest BCUT2D eigenvalue weighted by Gasteiger charge is 1.84. The highest BCUT2D eigenvalue weighted by molar-refractivity contribution is 6.34. The smallest absolute Gasteiger partial charge is 0.0420 e. The fourth-order valence-corrected chi connectivity index (χ4v) is 0.896. The van der Waals surface area contributed by atoms with Gasteiger partial charge in [-0.2, -0.15) is 0 Å². The lowest BCUT2D eigenvalue weighted by atomic mass is 10.4. The summed E-state index contributed by atoms with van der Waals surface area (Å²) in [6.45, 7) is 6.00. The summed E-state index contributed by atoms with van der Waals surface area (Å²) in [5.41, 5.74) is 10.0. The Balaban J connectivity index is 0. The van der Waals surface area contributed by atoms with Crippen LogP contribution in [0.4, 0.5) is 0 Å². The second-order valence-corrected chi connectivity index (χ2v) is 2.31. The SMILES string of the molecule is C=C.Clc1cccc(Cl)c1.N=N. The molecule has 2 N–H and O–H groups in total. The number of benzene rings is 1. The number of nitrogens with one attached hydrogen (secondary N) is 2. The molecule has 0 atom stereocenters. The molecular formula is C8H10Cl2N2. The van der Waals surface area contributed by atoms with E-state index in [2.05, 4.69) is 13.2 Å². The maximum Gasteiger partial charge on any atom is 0.0420 e. The van der Waals surface area contributed by atoms with Crippen molar-refractivity contribution in [2.24, 2.45) is 0 Å². The largest absolute Gasteiger partial charge is 0.213 e. The molecule has 12 heavy (non-hydrogen) atoms. The van der Waals surface area contributed by atoms with E-state index in [-0.39, 0.29) is 0 Å². The van der Waals surface area contributed by atoms with Gasteiger partial charge < -0.3 is 0 Å². The first kappa shape index (κ1) is 13.7. The van der Waals surface area contributed by atoms with Crippen LogP contribution in [0.3, 0.4) is 0 Å².